The highest BCUT2D eigenvalue weighted by atomic mass is 35.5. The molecule has 1 unspecified atom stereocenters. The number of aliphatic hydroxyl groups excluding tert-OH is 1. The zero-order valence-corrected chi connectivity index (χ0v) is 11.0. The van der Waals surface area contributed by atoms with Crippen molar-refractivity contribution in [3.05, 3.63) is 63.6 Å². The summed E-state index contributed by atoms with van der Waals surface area (Å²) >= 11 is 11.9. The molecule has 0 heterocycles. The van der Waals surface area contributed by atoms with Crippen LogP contribution in [0.5, 0.6) is 5.75 Å². The van der Waals surface area contributed by atoms with Gasteiger partial charge in [0.15, 0.2) is 0 Å². The van der Waals surface area contributed by atoms with Crippen LogP contribution in [0.2, 0.25) is 10.0 Å². The normalized spacial score (nSPS) is 12.4. The Labute approximate surface area is 115 Å². The van der Waals surface area contributed by atoms with Crippen molar-refractivity contribution in [2.24, 2.45) is 0 Å². The topological polar surface area (TPSA) is 40.5 Å². The molecule has 0 bridgehead atoms. The van der Waals surface area contributed by atoms with Gasteiger partial charge < -0.3 is 10.2 Å². The van der Waals surface area contributed by atoms with Gasteiger partial charge in [0.05, 0.1) is 16.1 Å². The molecule has 0 aromatic heterocycles. The average Bonchev–Trinajstić information content (AvgIpc) is 2.32. The summed E-state index contributed by atoms with van der Waals surface area (Å²) in [5, 5.41) is 20.3. The molecule has 0 saturated carbocycles. The van der Waals surface area contributed by atoms with Crippen LogP contribution >= 0.6 is 23.2 Å². The van der Waals surface area contributed by atoms with Gasteiger partial charge in [0.1, 0.15) is 5.75 Å². The van der Waals surface area contributed by atoms with E-state index in [-0.39, 0.29) is 5.75 Å². The average molecular weight is 283 g/mol. The van der Waals surface area contributed by atoms with Gasteiger partial charge in [-0.05, 0) is 23.8 Å². The van der Waals surface area contributed by atoms with Crippen LogP contribution < -0.4 is 0 Å². The number of halogens is 2. The first kappa shape index (κ1) is 13.2. The van der Waals surface area contributed by atoms with Crippen molar-refractivity contribution in [3.63, 3.8) is 0 Å². The lowest BCUT2D eigenvalue weighted by molar-refractivity contribution is 0.178. The lowest BCUT2D eigenvalue weighted by atomic mass is 10.0. The number of aromatic hydroxyl groups is 1. The number of hydrogen-bond donors (Lipinski definition) is 2. The number of phenols is 1. The number of phenolic OH excluding ortho intramolecular Hbond substituents is 1. The molecule has 94 valence electrons. The summed E-state index contributed by atoms with van der Waals surface area (Å²) in [5.74, 6) is 0.178. The van der Waals surface area contributed by atoms with E-state index in [4.69, 9.17) is 23.2 Å². The molecule has 0 aliphatic heterocycles. The first-order valence-corrected chi connectivity index (χ1v) is 6.23. The fraction of sp³-hybridized carbons (Fsp3) is 0.143. The van der Waals surface area contributed by atoms with Gasteiger partial charge in [-0.3, -0.25) is 0 Å². The molecule has 18 heavy (non-hydrogen) atoms. The predicted octanol–water partition coefficient (Wildman–Crippen LogP) is 3.98. The summed E-state index contributed by atoms with van der Waals surface area (Å²) in [4.78, 5) is 0. The Morgan fingerprint density at radius 1 is 1.06 bits per heavy atom. The molecular formula is C14H12Cl2O2. The van der Waals surface area contributed by atoms with Gasteiger partial charge in [-0.15, -0.1) is 0 Å². The zero-order valence-electron chi connectivity index (χ0n) is 9.48. The van der Waals surface area contributed by atoms with Gasteiger partial charge in [0.25, 0.3) is 0 Å². The van der Waals surface area contributed by atoms with Gasteiger partial charge in [0, 0.05) is 12.0 Å². The molecule has 2 rings (SSSR count). The van der Waals surface area contributed by atoms with E-state index in [9.17, 15) is 10.2 Å². The minimum absolute atomic E-state index is 0.178. The van der Waals surface area contributed by atoms with Crippen molar-refractivity contribution in [3.8, 4) is 5.75 Å². The van der Waals surface area contributed by atoms with Crippen LogP contribution in [0.25, 0.3) is 0 Å². The fourth-order valence-corrected chi connectivity index (χ4v) is 2.23. The van der Waals surface area contributed by atoms with Gasteiger partial charge in [-0.2, -0.15) is 0 Å². The summed E-state index contributed by atoms with van der Waals surface area (Å²) in [6.45, 7) is 0. The number of benzene rings is 2. The summed E-state index contributed by atoms with van der Waals surface area (Å²) in [5.41, 5.74) is 1.42. The minimum atomic E-state index is -0.752. The molecule has 1 atom stereocenters. The molecule has 0 fully saturated rings. The molecular weight excluding hydrogens is 271 g/mol. The standard InChI is InChI=1S/C14H12Cl2O2/c15-12-6-2-5-11(14(12)16)13(18)8-9-3-1-4-10(17)7-9/h1-7,13,17-18H,8H2. The summed E-state index contributed by atoms with van der Waals surface area (Å²) in [6.07, 6.45) is -0.382. The highest BCUT2D eigenvalue weighted by Gasteiger charge is 2.14. The van der Waals surface area contributed by atoms with Gasteiger partial charge in [-0.1, -0.05) is 47.5 Å². The van der Waals surface area contributed by atoms with Crippen LogP contribution in [-0.4, -0.2) is 10.2 Å². The zero-order chi connectivity index (χ0) is 13.1. The van der Waals surface area contributed by atoms with E-state index < -0.39 is 6.10 Å². The van der Waals surface area contributed by atoms with Crippen LogP contribution in [0.3, 0.4) is 0 Å². The summed E-state index contributed by atoms with van der Waals surface area (Å²) < 4.78 is 0. The Morgan fingerprint density at radius 2 is 1.78 bits per heavy atom. The maximum absolute atomic E-state index is 10.1. The molecule has 0 spiro atoms. The summed E-state index contributed by atoms with van der Waals surface area (Å²) in [7, 11) is 0. The number of aliphatic hydroxyl groups is 1. The third-order valence-corrected chi connectivity index (χ3v) is 3.51. The van der Waals surface area contributed by atoms with Crippen LogP contribution in [-0.2, 0) is 6.42 Å². The van der Waals surface area contributed by atoms with Crippen molar-refractivity contribution in [1.29, 1.82) is 0 Å². The van der Waals surface area contributed by atoms with E-state index >= 15 is 0 Å². The quantitative estimate of drug-likeness (QED) is 0.894. The largest absolute Gasteiger partial charge is 0.508 e. The monoisotopic (exact) mass is 282 g/mol. The molecule has 4 heteroatoms. The number of hydrogen-bond acceptors (Lipinski definition) is 2. The van der Waals surface area contributed by atoms with Gasteiger partial charge in [-0.25, -0.2) is 0 Å². The first-order valence-electron chi connectivity index (χ1n) is 5.48. The molecule has 0 saturated heterocycles. The van der Waals surface area contributed by atoms with Crippen molar-refractivity contribution in [1.82, 2.24) is 0 Å². The second-order valence-electron chi connectivity index (χ2n) is 4.03. The van der Waals surface area contributed by atoms with Crippen molar-refractivity contribution in [2.75, 3.05) is 0 Å². The first-order chi connectivity index (χ1) is 8.58. The van der Waals surface area contributed by atoms with Crippen molar-refractivity contribution < 1.29 is 10.2 Å². The Hall–Kier alpha value is -1.22. The maximum Gasteiger partial charge on any atom is 0.115 e. The molecule has 2 nitrogen and oxygen atoms in total. The molecule has 2 aromatic rings. The summed E-state index contributed by atoms with van der Waals surface area (Å²) in [6, 6.07) is 11.9. The third kappa shape index (κ3) is 2.96. The van der Waals surface area contributed by atoms with Gasteiger partial charge in [0.2, 0.25) is 0 Å². The SMILES string of the molecule is Oc1cccc(CC(O)c2cccc(Cl)c2Cl)c1. The fourth-order valence-electron chi connectivity index (χ4n) is 1.79. The molecule has 2 aromatic carbocycles. The highest BCUT2D eigenvalue weighted by molar-refractivity contribution is 6.42. The maximum atomic E-state index is 10.1. The van der Waals surface area contributed by atoms with E-state index in [1.54, 1.807) is 36.4 Å². The second-order valence-corrected chi connectivity index (χ2v) is 4.82. The van der Waals surface area contributed by atoms with Gasteiger partial charge >= 0.3 is 0 Å². The van der Waals surface area contributed by atoms with E-state index in [2.05, 4.69) is 0 Å². The Kier molecular flexibility index (Phi) is 4.12. The van der Waals surface area contributed by atoms with E-state index in [1.807, 2.05) is 6.07 Å². The molecule has 0 aliphatic carbocycles. The van der Waals surface area contributed by atoms with Crippen LogP contribution in [0.15, 0.2) is 42.5 Å². The van der Waals surface area contributed by atoms with Crippen molar-refractivity contribution in [2.45, 2.75) is 12.5 Å². The minimum Gasteiger partial charge on any atom is -0.508 e. The molecule has 2 N–H and O–H groups in total. The van der Waals surface area contributed by atoms with E-state index in [0.717, 1.165) is 5.56 Å². The Balaban J connectivity index is 2.22. The lowest BCUT2D eigenvalue weighted by Gasteiger charge is -2.13. The molecule has 0 aliphatic rings. The predicted molar refractivity (Wildman–Crippen MR) is 73.2 cm³/mol. The van der Waals surface area contributed by atoms with Crippen molar-refractivity contribution >= 4 is 23.2 Å². The van der Waals surface area contributed by atoms with Crippen LogP contribution in [0, 0.1) is 0 Å². The smallest absolute Gasteiger partial charge is 0.115 e. The van der Waals surface area contributed by atoms with E-state index in [1.165, 1.54) is 0 Å². The Bertz CT molecular complexity index is 555. The second kappa shape index (κ2) is 5.61. The third-order valence-electron chi connectivity index (χ3n) is 2.68. The molecule has 0 radical (unpaired) electrons. The lowest BCUT2D eigenvalue weighted by Crippen LogP contribution is -2.02. The Morgan fingerprint density at radius 3 is 2.50 bits per heavy atom. The number of rotatable bonds is 3. The van der Waals surface area contributed by atoms with E-state index in [0.29, 0.717) is 22.0 Å². The van der Waals surface area contributed by atoms with Crippen LogP contribution in [0.4, 0.5) is 0 Å². The highest BCUT2D eigenvalue weighted by Crippen LogP contribution is 2.31. The van der Waals surface area contributed by atoms with Crippen LogP contribution in [0.1, 0.15) is 17.2 Å². The molecule has 0 amide bonds.